The summed E-state index contributed by atoms with van der Waals surface area (Å²) < 4.78 is 0. The fourth-order valence-electron chi connectivity index (χ4n) is 3.00. The second-order valence-electron chi connectivity index (χ2n) is 6.10. The first-order valence-corrected chi connectivity index (χ1v) is 6.99. The standard InChI is InChI=1S/C13H23N3O/c14-13(5-1-6-13)12(17)15-8-10-4-7-16(9-10)11-2-3-11/h10-11H,1-9,14H2,(H,15,17). The number of nitrogens with two attached hydrogens (primary N) is 1. The van der Waals surface area contributed by atoms with Gasteiger partial charge in [0.05, 0.1) is 5.54 Å². The van der Waals surface area contributed by atoms with Crippen molar-refractivity contribution in [2.24, 2.45) is 11.7 Å². The zero-order chi connectivity index (χ0) is 11.9. The third-order valence-corrected chi connectivity index (χ3v) is 4.63. The summed E-state index contributed by atoms with van der Waals surface area (Å²) in [4.78, 5) is 14.5. The van der Waals surface area contributed by atoms with Crippen molar-refractivity contribution in [2.45, 2.75) is 50.1 Å². The first kappa shape index (κ1) is 11.5. The molecule has 0 aromatic carbocycles. The van der Waals surface area contributed by atoms with Crippen LogP contribution in [0.3, 0.4) is 0 Å². The molecule has 96 valence electrons. The summed E-state index contributed by atoms with van der Waals surface area (Å²) in [6.45, 7) is 3.21. The molecule has 0 aromatic rings. The lowest BCUT2D eigenvalue weighted by Gasteiger charge is -2.36. The van der Waals surface area contributed by atoms with E-state index in [-0.39, 0.29) is 5.91 Å². The van der Waals surface area contributed by atoms with E-state index in [0.29, 0.717) is 5.92 Å². The Bertz CT molecular complexity index is 310. The third kappa shape index (κ3) is 2.33. The van der Waals surface area contributed by atoms with Crippen molar-refractivity contribution in [1.29, 1.82) is 0 Å². The highest BCUT2D eigenvalue weighted by molar-refractivity contribution is 5.86. The van der Waals surface area contributed by atoms with Crippen LogP contribution in [0, 0.1) is 5.92 Å². The Morgan fingerprint density at radius 3 is 2.71 bits per heavy atom. The highest BCUT2D eigenvalue weighted by Crippen LogP contribution is 2.32. The largest absolute Gasteiger partial charge is 0.354 e. The first-order valence-electron chi connectivity index (χ1n) is 6.99. The number of likely N-dealkylation sites (tertiary alicyclic amines) is 1. The average Bonchev–Trinajstić information content (AvgIpc) is 3.03. The van der Waals surface area contributed by atoms with Crippen molar-refractivity contribution >= 4 is 5.91 Å². The quantitative estimate of drug-likeness (QED) is 0.747. The molecule has 17 heavy (non-hydrogen) atoms. The van der Waals surface area contributed by atoms with E-state index >= 15 is 0 Å². The number of carbonyl (C=O) groups is 1. The van der Waals surface area contributed by atoms with Crippen molar-refractivity contribution in [2.75, 3.05) is 19.6 Å². The van der Waals surface area contributed by atoms with Gasteiger partial charge in [0.1, 0.15) is 0 Å². The molecule has 1 aliphatic heterocycles. The number of amides is 1. The second kappa shape index (κ2) is 4.25. The molecule has 1 amide bonds. The van der Waals surface area contributed by atoms with Gasteiger partial charge in [0.15, 0.2) is 0 Å². The molecule has 1 unspecified atom stereocenters. The fraction of sp³-hybridized carbons (Fsp3) is 0.923. The summed E-state index contributed by atoms with van der Waals surface area (Å²) in [7, 11) is 0. The van der Waals surface area contributed by atoms with Crippen LogP contribution in [0.4, 0.5) is 0 Å². The van der Waals surface area contributed by atoms with Gasteiger partial charge in [-0.25, -0.2) is 0 Å². The Hall–Kier alpha value is -0.610. The minimum atomic E-state index is -0.533. The van der Waals surface area contributed by atoms with E-state index in [2.05, 4.69) is 10.2 Å². The van der Waals surface area contributed by atoms with Crippen LogP contribution in [0.25, 0.3) is 0 Å². The highest BCUT2D eigenvalue weighted by atomic mass is 16.2. The Kier molecular flexibility index (Phi) is 2.87. The Labute approximate surface area is 103 Å². The average molecular weight is 237 g/mol. The van der Waals surface area contributed by atoms with E-state index in [9.17, 15) is 4.79 Å². The van der Waals surface area contributed by atoms with E-state index in [4.69, 9.17) is 5.73 Å². The summed E-state index contributed by atoms with van der Waals surface area (Å²) in [6.07, 6.45) is 6.81. The van der Waals surface area contributed by atoms with Gasteiger partial charge < -0.3 is 16.0 Å². The summed E-state index contributed by atoms with van der Waals surface area (Å²) in [6, 6.07) is 0.864. The van der Waals surface area contributed by atoms with E-state index in [1.807, 2.05) is 0 Å². The summed E-state index contributed by atoms with van der Waals surface area (Å²) >= 11 is 0. The number of nitrogens with one attached hydrogen (secondary N) is 1. The van der Waals surface area contributed by atoms with Crippen LogP contribution in [-0.4, -0.2) is 42.0 Å². The van der Waals surface area contributed by atoms with Crippen molar-refractivity contribution in [3.8, 4) is 0 Å². The normalized spacial score (nSPS) is 32.2. The molecule has 1 saturated heterocycles. The molecule has 2 aliphatic carbocycles. The minimum absolute atomic E-state index is 0.0774. The molecule has 4 nitrogen and oxygen atoms in total. The minimum Gasteiger partial charge on any atom is -0.354 e. The lowest BCUT2D eigenvalue weighted by molar-refractivity contribution is -0.129. The summed E-state index contributed by atoms with van der Waals surface area (Å²) in [5.74, 6) is 0.719. The number of rotatable bonds is 4. The summed E-state index contributed by atoms with van der Waals surface area (Å²) in [5.41, 5.74) is 5.46. The maximum Gasteiger partial charge on any atom is 0.240 e. The Balaban J connectivity index is 1.41. The maximum atomic E-state index is 11.9. The van der Waals surface area contributed by atoms with Crippen LogP contribution in [0.1, 0.15) is 38.5 Å². The van der Waals surface area contributed by atoms with E-state index in [0.717, 1.165) is 31.8 Å². The molecule has 3 aliphatic rings. The van der Waals surface area contributed by atoms with Crippen LogP contribution < -0.4 is 11.1 Å². The topological polar surface area (TPSA) is 58.4 Å². The van der Waals surface area contributed by atoms with Gasteiger partial charge in [-0.3, -0.25) is 4.79 Å². The molecule has 2 saturated carbocycles. The molecule has 0 aromatic heterocycles. The van der Waals surface area contributed by atoms with Gasteiger partial charge in [0.25, 0.3) is 0 Å². The molecule has 3 rings (SSSR count). The molecule has 0 spiro atoms. The lowest BCUT2D eigenvalue weighted by Crippen LogP contribution is -2.59. The molecule has 4 heteroatoms. The number of carbonyl (C=O) groups excluding carboxylic acids is 1. The number of nitrogens with zero attached hydrogens (tertiary/aromatic N) is 1. The molecule has 1 atom stereocenters. The lowest BCUT2D eigenvalue weighted by atomic mass is 9.77. The molecule has 0 radical (unpaired) electrons. The Morgan fingerprint density at radius 1 is 1.35 bits per heavy atom. The second-order valence-corrected chi connectivity index (χ2v) is 6.10. The van der Waals surface area contributed by atoms with Crippen molar-refractivity contribution in [3.05, 3.63) is 0 Å². The van der Waals surface area contributed by atoms with Gasteiger partial charge in [-0.2, -0.15) is 0 Å². The van der Waals surface area contributed by atoms with Crippen LogP contribution in [-0.2, 0) is 4.79 Å². The fourth-order valence-corrected chi connectivity index (χ4v) is 3.00. The number of hydrogen-bond donors (Lipinski definition) is 2. The van der Waals surface area contributed by atoms with Crippen LogP contribution in [0.15, 0.2) is 0 Å². The van der Waals surface area contributed by atoms with E-state index in [1.165, 1.54) is 32.4 Å². The van der Waals surface area contributed by atoms with Crippen LogP contribution >= 0.6 is 0 Å². The zero-order valence-corrected chi connectivity index (χ0v) is 10.5. The van der Waals surface area contributed by atoms with Gasteiger partial charge in [0.2, 0.25) is 5.91 Å². The molecule has 3 N–H and O–H groups in total. The van der Waals surface area contributed by atoms with Crippen LogP contribution in [0.5, 0.6) is 0 Å². The first-order chi connectivity index (χ1) is 8.17. The highest BCUT2D eigenvalue weighted by Gasteiger charge is 2.40. The van der Waals surface area contributed by atoms with Gasteiger partial charge in [-0.05, 0) is 51.0 Å². The Morgan fingerprint density at radius 2 is 2.12 bits per heavy atom. The smallest absolute Gasteiger partial charge is 0.240 e. The van der Waals surface area contributed by atoms with E-state index in [1.54, 1.807) is 0 Å². The molecule has 3 fully saturated rings. The SMILES string of the molecule is NC1(C(=O)NCC2CCN(C3CC3)C2)CCC1. The van der Waals surface area contributed by atoms with Gasteiger partial charge in [-0.1, -0.05) is 0 Å². The molecular formula is C13H23N3O. The third-order valence-electron chi connectivity index (χ3n) is 4.63. The van der Waals surface area contributed by atoms with Gasteiger partial charge >= 0.3 is 0 Å². The predicted molar refractivity (Wildman–Crippen MR) is 66.5 cm³/mol. The molecular weight excluding hydrogens is 214 g/mol. The van der Waals surface area contributed by atoms with Gasteiger partial charge in [-0.15, -0.1) is 0 Å². The zero-order valence-electron chi connectivity index (χ0n) is 10.5. The van der Waals surface area contributed by atoms with Crippen molar-refractivity contribution < 1.29 is 4.79 Å². The predicted octanol–water partition coefficient (Wildman–Crippen LogP) is 0.468. The molecule has 0 bridgehead atoms. The monoisotopic (exact) mass is 237 g/mol. The number of hydrogen-bond acceptors (Lipinski definition) is 3. The van der Waals surface area contributed by atoms with Crippen LogP contribution in [0.2, 0.25) is 0 Å². The van der Waals surface area contributed by atoms with Crippen molar-refractivity contribution in [1.82, 2.24) is 10.2 Å². The van der Waals surface area contributed by atoms with E-state index < -0.39 is 5.54 Å². The van der Waals surface area contributed by atoms with Crippen molar-refractivity contribution in [3.63, 3.8) is 0 Å². The molecule has 1 heterocycles. The van der Waals surface area contributed by atoms with Gasteiger partial charge in [0, 0.05) is 19.1 Å². The summed E-state index contributed by atoms with van der Waals surface area (Å²) in [5, 5.41) is 3.06. The maximum absolute atomic E-state index is 11.9.